The Bertz CT molecular complexity index is 282. The summed E-state index contributed by atoms with van der Waals surface area (Å²) >= 11 is 0. The standard InChI is InChI=1S/C14H26N2O3/c17-11-7-2-1-5-9-15-13(18)12-16-10-6-3-4-8-14(16)19/h17H,1-12H2,(H,15,18). The highest BCUT2D eigenvalue weighted by Gasteiger charge is 2.18. The van der Waals surface area contributed by atoms with Gasteiger partial charge in [-0.3, -0.25) is 9.59 Å². The Morgan fingerprint density at radius 2 is 1.95 bits per heavy atom. The molecule has 19 heavy (non-hydrogen) atoms. The molecule has 1 aliphatic heterocycles. The van der Waals surface area contributed by atoms with Crippen LogP contribution in [0.5, 0.6) is 0 Å². The Kier molecular flexibility index (Phi) is 8.21. The van der Waals surface area contributed by atoms with Gasteiger partial charge in [-0.25, -0.2) is 0 Å². The topological polar surface area (TPSA) is 69.6 Å². The molecular formula is C14H26N2O3. The van der Waals surface area contributed by atoms with E-state index in [1.54, 1.807) is 4.90 Å². The molecule has 0 aromatic carbocycles. The summed E-state index contributed by atoms with van der Waals surface area (Å²) in [4.78, 5) is 25.1. The van der Waals surface area contributed by atoms with E-state index in [0.717, 1.165) is 44.9 Å². The zero-order chi connectivity index (χ0) is 13.9. The Morgan fingerprint density at radius 1 is 1.16 bits per heavy atom. The number of carbonyl (C=O) groups is 2. The van der Waals surface area contributed by atoms with Gasteiger partial charge in [0.05, 0.1) is 6.54 Å². The maximum absolute atomic E-state index is 11.7. The van der Waals surface area contributed by atoms with Crippen LogP contribution in [0, 0.1) is 0 Å². The fraction of sp³-hybridized carbons (Fsp3) is 0.857. The lowest BCUT2D eigenvalue weighted by Gasteiger charge is -2.19. The minimum Gasteiger partial charge on any atom is -0.396 e. The Balaban J connectivity index is 2.10. The van der Waals surface area contributed by atoms with Gasteiger partial charge >= 0.3 is 0 Å². The third kappa shape index (κ3) is 7.15. The molecule has 0 aromatic heterocycles. The molecule has 0 aliphatic carbocycles. The lowest BCUT2D eigenvalue weighted by atomic mass is 10.2. The first-order chi connectivity index (χ1) is 9.24. The van der Waals surface area contributed by atoms with Gasteiger partial charge in [0.25, 0.3) is 0 Å². The van der Waals surface area contributed by atoms with Crippen molar-refractivity contribution in [1.82, 2.24) is 10.2 Å². The fourth-order valence-corrected chi connectivity index (χ4v) is 2.25. The number of hydrogen-bond acceptors (Lipinski definition) is 3. The minimum atomic E-state index is -0.0580. The number of unbranched alkanes of at least 4 members (excludes halogenated alkanes) is 3. The van der Waals surface area contributed by atoms with Crippen molar-refractivity contribution in [3.05, 3.63) is 0 Å². The van der Waals surface area contributed by atoms with Gasteiger partial charge in [-0.1, -0.05) is 19.3 Å². The van der Waals surface area contributed by atoms with Gasteiger partial charge in [0.2, 0.25) is 11.8 Å². The van der Waals surface area contributed by atoms with E-state index in [9.17, 15) is 9.59 Å². The maximum Gasteiger partial charge on any atom is 0.239 e. The molecule has 1 aliphatic rings. The molecule has 1 rings (SSSR count). The van der Waals surface area contributed by atoms with Crippen LogP contribution < -0.4 is 5.32 Å². The highest BCUT2D eigenvalue weighted by Crippen LogP contribution is 2.10. The summed E-state index contributed by atoms with van der Waals surface area (Å²) in [5.74, 6) is 0.0491. The smallest absolute Gasteiger partial charge is 0.239 e. The molecule has 1 heterocycles. The van der Waals surface area contributed by atoms with Crippen molar-refractivity contribution in [3.8, 4) is 0 Å². The van der Waals surface area contributed by atoms with Crippen LogP contribution in [0.3, 0.4) is 0 Å². The van der Waals surface area contributed by atoms with Crippen molar-refractivity contribution in [1.29, 1.82) is 0 Å². The van der Waals surface area contributed by atoms with Crippen LogP contribution >= 0.6 is 0 Å². The second-order valence-electron chi connectivity index (χ2n) is 5.11. The lowest BCUT2D eigenvalue weighted by molar-refractivity contribution is -0.135. The molecule has 110 valence electrons. The summed E-state index contributed by atoms with van der Waals surface area (Å²) in [6, 6.07) is 0. The summed E-state index contributed by atoms with van der Waals surface area (Å²) in [5, 5.41) is 11.5. The third-order valence-corrected chi connectivity index (χ3v) is 3.41. The number of rotatable bonds is 8. The second-order valence-corrected chi connectivity index (χ2v) is 5.11. The van der Waals surface area contributed by atoms with Crippen molar-refractivity contribution in [2.75, 3.05) is 26.2 Å². The zero-order valence-electron chi connectivity index (χ0n) is 11.7. The molecule has 1 fully saturated rings. The number of aliphatic hydroxyl groups is 1. The van der Waals surface area contributed by atoms with E-state index in [2.05, 4.69) is 5.32 Å². The first-order valence-electron chi connectivity index (χ1n) is 7.39. The molecule has 0 atom stereocenters. The van der Waals surface area contributed by atoms with Crippen LogP contribution in [0.2, 0.25) is 0 Å². The lowest BCUT2D eigenvalue weighted by Crippen LogP contribution is -2.40. The SMILES string of the molecule is O=C(CN1CCCCCC1=O)NCCCCCCO. The van der Waals surface area contributed by atoms with Crippen LogP contribution in [-0.2, 0) is 9.59 Å². The van der Waals surface area contributed by atoms with Gasteiger partial charge in [-0.2, -0.15) is 0 Å². The first-order valence-corrected chi connectivity index (χ1v) is 7.39. The van der Waals surface area contributed by atoms with Crippen LogP contribution in [0.1, 0.15) is 51.4 Å². The summed E-state index contributed by atoms with van der Waals surface area (Å²) in [6.07, 6.45) is 7.38. The van der Waals surface area contributed by atoms with Gasteiger partial charge in [-0.15, -0.1) is 0 Å². The van der Waals surface area contributed by atoms with Crippen LogP contribution in [-0.4, -0.2) is 48.1 Å². The van der Waals surface area contributed by atoms with Gasteiger partial charge in [0.15, 0.2) is 0 Å². The summed E-state index contributed by atoms with van der Waals surface area (Å²) in [7, 11) is 0. The molecule has 2 amide bonds. The monoisotopic (exact) mass is 270 g/mol. The maximum atomic E-state index is 11.7. The predicted molar refractivity (Wildman–Crippen MR) is 73.6 cm³/mol. The highest BCUT2D eigenvalue weighted by atomic mass is 16.3. The molecule has 0 bridgehead atoms. The Hall–Kier alpha value is -1.10. The van der Waals surface area contributed by atoms with Gasteiger partial charge in [-0.05, 0) is 25.7 Å². The first kappa shape index (κ1) is 16.0. The number of amides is 2. The number of carbonyl (C=O) groups excluding carboxylic acids is 2. The second kappa shape index (κ2) is 9.78. The van der Waals surface area contributed by atoms with E-state index >= 15 is 0 Å². The molecule has 0 aromatic rings. The van der Waals surface area contributed by atoms with Crippen molar-refractivity contribution >= 4 is 11.8 Å². The summed E-state index contributed by atoms with van der Waals surface area (Å²) < 4.78 is 0. The number of nitrogens with one attached hydrogen (secondary N) is 1. The van der Waals surface area contributed by atoms with E-state index < -0.39 is 0 Å². The Labute approximate surface area is 115 Å². The minimum absolute atomic E-state index is 0.0580. The molecule has 0 unspecified atom stereocenters. The molecule has 0 spiro atoms. The van der Waals surface area contributed by atoms with Gasteiger partial charge in [0.1, 0.15) is 0 Å². The number of likely N-dealkylation sites (tertiary alicyclic amines) is 1. The molecule has 1 saturated heterocycles. The van der Waals surface area contributed by atoms with E-state index in [1.165, 1.54) is 0 Å². The number of nitrogens with zero attached hydrogens (tertiary/aromatic N) is 1. The van der Waals surface area contributed by atoms with Crippen LogP contribution in [0.15, 0.2) is 0 Å². The van der Waals surface area contributed by atoms with Crippen molar-refractivity contribution in [2.24, 2.45) is 0 Å². The molecular weight excluding hydrogens is 244 g/mol. The molecule has 5 heteroatoms. The zero-order valence-corrected chi connectivity index (χ0v) is 11.7. The highest BCUT2D eigenvalue weighted by molar-refractivity contribution is 5.84. The molecule has 0 saturated carbocycles. The van der Waals surface area contributed by atoms with Crippen LogP contribution in [0.4, 0.5) is 0 Å². The van der Waals surface area contributed by atoms with E-state index in [0.29, 0.717) is 19.5 Å². The molecule has 2 N–H and O–H groups in total. The normalized spacial score (nSPS) is 16.3. The molecule has 0 radical (unpaired) electrons. The predicted octanol–water partition coefficient (Wildman–Crippen LogP) is 1.06. The quantitative estimate of drug-likeness (QED) is 0.648. The fourth-order valence-electron chi connectivity index (χ4n) is 2.25. The van der Waals surface area contributed by atoms with Crippen molar-refractivity contribution in [2.45, 2.75) is 51.4 Å². The number of aliphatic hydroxyl groups excluding tert-OH is 1. The average molecular weight is 270 g/mol. The third-order valence-electron chi connectivity index (χ3n) is 3.41. The number of hydrogen-bond donors (Lipinski definition) is 2. The molecule has 5 nitrogen and oxygen atoms in total. The van der Waals surface area contributed by atoms with Crippen molar-refractivity contribution < 1.29 is 14.7 Å². The van der Waals surface area contributed by atoms with Crippen molar-refractivity contribution in [3.63, 3.8) is 0 Å². The average Bonchev–Trinajstić information content (AvgIpc) is 2.59. The van der Waals surface area contributed by atoms with Gasteiger partial charge < -0.3 is 15.3 Å². The van der Waals surface area contributed by atoms with Gasteiger partial charge in [0, 0.05) is 26.1 Å². The van der Waals surface area contributed by atoms with E-state index in [-0.39, 0.29) is 25.0 Å². The van der Waals surface area contributed by atoms with E-state index in [1.807, 2.05) is 0 Å². The largest absolute Gasteiger partial charge is 0.396 e. The summed E-state index contributed by atoms with van der Waals surface area (Å²) in [5.41, 5.74) is 0. The Morgan fingerprint density at radius 3 is 2.74 bits per heavy atom. The van der Waals surface area contributed by atoms with Crippen LogP contribution in [0.25, 0.3) is 0 Å². The van der Waals surface area contributed by atoms with E-state index in [4.69, 9.17) is 5.11 Å². The summed E-state index contributed by atoms with van der Waals surface area (Å²) in [6.45, 7) is 1.81.